The molecule has 0 aliphatic carbocycles. The first kappa shape index (κ1) is 18.6. The number of fused-ring (bicyclic) bond motifs is 1. The second-order valence-corrected chi connectivity index (χ2v) is 7.56. The molecule has 0 radical (unpaired) electrons. The number of nitrogens with one attached hydrogen (secondary N) is 1. The number of carbonyl (C=O) groups is 1. The van der Waals surface area contributed by atoms with E-state index in [0.717, 1.165) is 48.1 Å². The van der Waals surface area contributed by atoms with Crippen LogP contribution in [0.3, 0.4) is 0 Å². The largest absolute Gasteiger partial charge is 0.448 e. The summed E-state index contributed by atoms with van der Waals surface area (Å²) in [5.41, 5.74) is 3.39. The zero-order chi connectivity index (χ0) is 20.5. The SMILES string of the molecule is Cn1cc(-c2cnc3cnc(CC(=O)c4coc(C5CCNCC5)n4)cc3c2)nn1. The molecule has 0 saturated carbocycles. The van der Waals surface area contributed by atoms with Gasteiger partial charge in [0.1, 0.15) is 17.7 Å². The van der Waals surface area contributed by atoms with E-state index in [9.17, 15) is 4.79 Å². The van der Waals surface area contributed by atoms with Gasteiger partial charge in [-0.05, 0) is 38.1 Å². The van der Waals surface area contributed by atoms with Crippen LogP contribution in [0.5, 0.6) is 0 Å². The third-order valence-electron chi connectivity index (χ3n) is 5.36. The van der Waals surface area contributed by atoms with Gasteiger partial charge >= 0.3 is 0 Å². The van der Waals surface area contributed by atoms with Crippen molar-refractivity contribution in [3.05, 3.63) is 54.3 Å². The molecule has 1 saturated heterocycles. The van der Waals surface area contributed by atoms with Crippen LogP contribution >= 0.6 is 0 Å². The quantitative estimate of drug-likeness (QED) is 0.505. The summed E-state index contributed by atoms with van der Waals surface area (Å²) in [6.07, 6.45) is 8.83. The van der Waals surface area contributed by atoms with Gasteiger partial charge in [-0.3, -0.25) is 19.4 Å². The van der Waals surface area contributed by atoms with Crippen LogP contribution in [0.2, 0.25) is 0 Å². The number of aromatic nitrogens is 6. The summed E-state index contributed by atoms with van der Waals surface area (Å²) in [7, 11) is 1.82. The van der Waals surface area contributed by atoms with Crippen molar-refractivity contribution in [3.63, 3.8) is 0 Å². The summed E-state index contributed by atoms with van der Waals surface area (Å²) in [6, 6.07) is 3.86. The van der Waals surface area contributed by atoms with Gasteiger partial charge in [-0.25, -0.2) is 4.98 Å². The standard InChI is InChI=1S/C21H21N7O2/c1-28-11-18(26-27-28)15-6-14-7-16(23-10-17(14)24-9-15)8-20(29)19-12-30-21(25-19)13-2-4-22-5-3-13/h6-7,9-13,22H,2-5,8H2,1H3. The second-order valence-electron chi connectivity index (χ2n) is 7.56. The first-order chi connectivity index (χ1) is 14.7. The first-order valence-corrected chi connectivity index (χ1v) is 9.96. The van der Waals surface area contributed by atoms with Gasteiger partial charge in [-0.1, -0.05) is 5.21 Å². The van der Waals surface area contributed by atoms with E-state index in [4.69, 9.17) is 4.42 Å². The average Bonchev–Trinajstić information content (AvgIpc) is 3.43. The molecule has 30 heavy (non-hydrogen) atoms. The van der Waals surface area contributed by atoms with Crippen LogP contribution in [0.1, 0.15) is 40.8 Å². The predicted octanol–water partition coefficient (Wildman–Crippen LogP) is 2.31. The lowest BCUT2D eigenvalue weighted by Gasteiger charge is -2.19. The monoisotopic (exact) mass is 403 g/mol. The topological polar surface area (TPSA) is 112 Å². The Hall–Kier alpha value is -3.46. The number of carbonyl (C=O) groups excluding carboxylic acids is 1. The maximum Gasteiger partial charge on any atom is 0.197 e. The molecule has 0 spiro atoms. The molecule has 0 atom stereocenters. The fraction of sp³-hybridized carbons (Fsp3) is 0.333. The summed E-state index contributed by atoms with van der Waals surface area (Å²) in [5, 5.41) is 12.3. The number of hydrogen-bond donors (Lipinski definition) is 1. The number of oxazole rings is 1. The van der Waals surface area contributed by atoms with Crippen LogP contribution in [0, 0.1) is 0 Å². The molecule has 4 aromatic heterocycles. The zero-order valence-electron chi connectivity index (χ0n) is 16.6. The molecule has 1 aliphatic heterocycles. The van der Waals surface area contributed by atoms with Crippen molar-refractivity contribution in [2.45, 2.75) is 25.2 Å². The molecular weight excluding hydrogens is 382 g/mol. The minimum Gasteiger partial charge on any atom is -0.448 e. The lowest BCUT2D eigenvalue weighted by molar-refractivity contribution is 0.0987. The molecule has 9 heteroatoms. The third-order valence-corrected chi connectivity index (χ3v) is 5.36. The Balaban J connectivity index is 1.35. The molecule has 1 fully saturated rings. The first-order valence-electron chi connectivity index (χ1n) is 9.96. The van der Waals surface area contributed by atoms with Crippen molar-refractivity contribution in [1.82, 2.24) is 35.3 Å². The number of pyridine rings is 2. The smallest absolute Gasteiger partial charge is 0.197 e. The van der Waals surface area contributed by atoms with E-state index in [1.807, 2.05) is 25.4 Å². The van der Waals surface area contributed by atoms with Gasteiger partial charge in [0.15, 0.2) is 11.7 Å². The molecule has 1 aliphatic rings. The molecule has 0 aromatic carbocycles. The lowest BCUT2D eigenvalue weighted by atomic mass is 9.98. The molecule has 5 rings (SSSR count). The number of Topliss-reactive ketones (excluding diaryl/α,β-unsaturated/α-hetero) is 1. The highest BCUT2D eigenvalue weighted by Gasteiger charge is 2.22. The second kappa shape index (κ2) is 7.75. The Kier molecular flexibility index (Phi) is 4.80. The lowest BCUT2D eigenvalue weighted by Crippen LogP contribution is -2.26. The fourth-order valence-electron chi connectivity index (χ4n) is 3.72. The summed E-state index contributed by atoms with van der Waals surface area (Å²) in [4.78, 5) is 26.0. The van der Waals surface area contributed by atoms with Gasteiger partial charge in [-0.15, -0.1) is 5.10 Å². The van der Waals surface area contributed by atoms with Gasteiger partial charge in [0.25, 0.3) is 0 Å². The van der Waals surface area contributed by atoms with Gasteiger partial charge in [0.2, 0.25) is 0 Å². The van der Waals surface area contributed by atoms with Crippen LogP contribution in [-0.4, -0.2) is 48.8 Å². The number of nitrogens with zero attached hydrogens (tertiary/aromatic N) is 6. The Morgan fingerprint density at radius 3 is 2.90 bits per heavy atom. The highest BCUT2D eigenvalue weighted by atomic mass is 16.3. The van der Waals surface area contributed by atoms with E-state index in [2.05, 4.69) is 30.6 Å². The molecule has 4 aromatic rings. The van der Waals surface area contributed by atoms with Gasteiger partial charge < -0.3 is 9.73 Å². The zero-order valence-corrected chi connectivity index (χ0v) is 16.6. The molecule has 0 unspecified atom stereocenters. The van der Waals surface area contributed by atoms with E-state index in [-0.39, 0.29) is 18.1 Å². The Labute approximate surface area is 172 Å². The third kappa shape index (κ3) is 3.71. The number of rotatable bonds is 5. The molecule has 5 heterocycles. The molecule has 0 bridgehead atoms. The average molecular weight is 403 g/mol. The fourth-order valence-corrected chi connectivity index (χ4v) is 3.72. The maximum absolute atomic E-state index is 12.7. The maximum atomic E-state index is 12.7. The molecular formula is C21H21N7O2. The van der Waals surface area contributed by atoms with Crippen LogP contribution in [0.15, 0.2) is 41.4 Å². The Morgan fingerprint density at radius 2 is 2.10 bits per heavy atom. The van der Waals surface area contributed by atoms with E-state index >= 15 is 0 Å². The Bertz CT molecular complexity index is 1210. The van der Waals surface area contributed by atoms with Crippen LogP contribution in [0.25, 0.3) is 22.2 Å². The van der Waals surface area contributed by atoms with Crippen LogP contribution in [0.4, 0.5) is 0 Å². The van der Waals surface area contributed by atoms with Gasteiger partial charge in [0, 0.05) is 35.8 Å². The summed E-state index contributed by atoms with van der Waals surface area (Å²) in [6.45, 7) is 1.89. The molecule has 9 nitrogen and oxygen atoms in total. The van der Waals surface area contributed by atoms with E-state index in [0.29, 0.717) is 17.3 Å². The van der Waals surface area contributed by atoms with Gasteiger partial charge in [-0.2, -0.15) is 0 Å². The van der Waals surface area contributed by atoms with Gasteiger partial charge in [0.05, 0.1) is 24.3 Å². The molecule has 152 valence electrons. The minimum absolute atomic E-state index is 0.108. The summed E-state index contributed by atoms with van der Waals surface area (Å²) in [5.74, 6) is 0.824. The molecule has 0 amide bonds. The normalized spacial score (nSPS) is 15.0. The minimum atomic E-state index is -0.108. The number of aryl methyl sites for hydroxylation is 1. The summed E-state index contributed by atoms with van der Waals surface area (Å²) >= 11 is 0. The predicted molar refractivity (Wildman–Crippen MR) is 109 cm³/mol. The van der Waals surface area contributed by atoms with Crippen molar-refractivity contribution in [2.24, 2.45) is 7.05 Å². The van der Waals surface area contributed by atoms with Crippen molar-refractivity contribution in [3.8, 4) is 11.3 Å². The van der Waals surface area contributed by atoms with Crippen molar-refractivity contribution < 1.29 is 9.21 Å². The van der Waals surface area contributed by atoms with Crippen molar-refractivity contribution >= 4 is 16.7 Å². The number of piperidine rings is 1. The van der Waals surface area contributed by atoms with E-state index < -0.39 is 0 Å². The van der Waals surface area contributed by atoms with E-state index in [1.54, 1.807) is 17.1 Å². The van der Waals surface area contributed by atoms with Crippen molar-refractivity contribution in [1.29, 1.82) is 0 Å². The van der Waals surface area contributed by atoms with Crippen LogP contribution in [-0.2, 0) is 13.5 Å². The highest BCUT2D eigenvalue weighted by molar-refractivity contribution is 5.95. The number of hydrogen-bond acceptors (Lipinski definition) is 8. The van der Waals surface area contributed by atoms with E-state index in [1.165, 1.54) is 6.26 Å². The van der Waals surface area contributed by atoms with Crippen molar-refractivity contribution in [2.75, 3.05) is 13.1 Å². The van der Waals surface area contributed by atoms with Crippen LogP contribution < -0.4 is 5.32 Å². The molecule has 1 N–H and O–H groups in total. The number of ketones is 1. The highest BCUT2D eigenvalue weighted by Crippen LogP contribution is 2.25. The summed E-state index contributed by atoms with van der Waals surface area (Å²) < 4.78 is 7.24. The Morgan fingerprint density at radius 1 is 1.23 bits per heavy atom.